The summed E-state index contributed by atoms with van der Waals surface area (Å²) >= 11 is 6.11. The Hall–Kier alpha value is -2.92. The van der Waals surface area contributed by atoms with Gasteiger partial charge in [0.2, 0.25) is 5.95 Å². The summed E-state index contributed by atoms with van der Waals surface area (Å²) in [5.41, 5.74) is 4.31. The van der Waals surface area contributed by atoms with Gasteiger partial charge in [-0.05, 0) is 54.8 Å². The molecule has 0 saturated carbocycles. The number of carbonyl (C=O) groups excluding carboxylic acids is 1. The second-order valence-electron chi connectivity index (χ2n) is 6.04. The van der Waals surface area contributed by atoms with Crippen molar-refractivity contribution in [2.75, 3.05) is 5.32 Å². The van der Waals surface area contributed by atoms with Crippen LogP contribution in [0.2, 0.25) is 5.02 Å². The third kappa shape index (κ3) is 4.58. The summed E-state index contributed by atoms with van der Waals surface area (Å²) in [6.07, 6.45) is 1.56. The van der Waals surface area contributed by atoms with Crippen LogP contribution in [0.1, 0.15) is 27.2 Å². The Bertz CT molecular complexity index is 922. The molecule has 2 N–H and O–H groups in total. The number of aromatic nitrogens is 2. The zero-order valence-electron chi connectivity index (χ0n) is 14.6. The number of hydrogen-bond donors (Lipinski definition) is 2. The second-order valence-corrected chi connectivity index (χ2v) is 6.45. The van der Waals surface area contributed by atoms with Crippen molar-refractivity contribution in [1.29, 1.82) is 0 Å². The van der Waals surface area contributed by atoms with E-state index in [2.05, 4.69) is 26.7 Å². The van der Waals surface area contributed by atoms with Gasteiger partial charge in [0, 0.05) is 23.5 Å². The van der Waals surface area contributed by atoms with Gasteiger partial charge in [-0.1, -0.05) is 35.9 Å². The van der Waals surface area contributed by atoms with Crippen LogP contribution in [0.4, 0.5) is 11.6 Å². The fourth-order valence-electron chi connectivity index (χ4n) is 2.63. The number of hydrogen-bond acceptors (Lipinski definition) is 4. The summed E-state index contributed by atoms with van der Waals surface area (Å²) in [6, 6.07) is 15.1. The van der Waals surface area contributed by atoms with Gasteiger partial charge in [0.15, 0.2) is 0 Å². The predicted octanol–water partition coefficient (Wildman–Crippen LogP) is 4.42. The Morgan fingerprint density at radius 1 is 1.08 bits per heavy atom. The minimum Gasteiger partial charge on any atom is -0.347 e. The van der Waals surface area contributed by atoms with E-state index in [0.29, 0.717) is 23.2 Å². The molecule has 0 aliphatic heterocycles. The van der Waals surface area contributed by atoms with Crippen molar-refractivity contribution in [3.05, 3.63) is 82.1 Å². The summed E-state index contributed by atoms with van der Waals surface area (Å²) in [5.74, 6) is 0.0937. The SMILES string of the molecule is Cc1cc(C)cc(Nc2nccc(C(=O)NCc3ccccc3Cl)n2)c1. The van der Waals surface area contributed by atoms with E-state index in [4.69, 9.17) is 11.6 Å². The monoisotopic (exact) mass is 366 g/mol. The van der Waals surface area contributed by atoms with Gasteiger partial charge in [0.25, 0.3) is 5.91 Å². The fourth-order valence-corrected chi connectivity index (χ4v) is 2.83. The number of nitrogens with one attached hydrogen (secondary N) is 2. The zero-order valence-corrected chi connectivity index (χ0v) is 15.3. The molecule has 0 atom stereocenters. The Labute approximate surface area is 157 Å². The molecule has 3 aromatic rings. The molecular weight excluding hydrogens is 348 g/mol. The lowest BCUT2D eigenvalue weighted by atomic mass is 10.1. The number of nitrogens with zero attached hydrogens (tertiary/aromatic N) is 2. The Morgan fingerprint density at radius 2 is 1.81 bits per heavy atom. The molecule has 0 aliphatic carbocycles. The maximum atomic E-state index is 12.4. The van der Waals surface area contributed by atoms with Gasteiger partial charge >= 0.3 is 0 Å². The summed E-state index contributed by atoms with van der Waals surface area (Å²) in [6.45, 7) is 4.39. The van der Waals surface area contributed by atoms with E-state index in [-0.39, 0.29) is 5.91 Å². The molecule has 3 rings (SSSR count). The molecule has 0 radical (unpaired) electrons. The maximum absolute atomic E-state index is 12.4. The molecule has 0 fully saturated rings. The Balaban J connectivity index is 1.70. The van der Waals surface area contributed by atoms with Crippen LogP contribution in [-0.2, 0) is 6.54 Å². The van der Waals surface area contributed by atoms with E-state index in [1.54, 1.807) is 18.3 Å². The molecule has 1 aromatic heterocycles. The minimum absolute atomic E-state index is 0.282. The van der Waals surface area contributed by atoms with Crippen LogP contribution in [0.3, 0.4) is 0 Å². The molecule has 0 unspecified atom stereocenters. The largest absolute Gasteiger partial charge is 0.347 e. The summed E-state index contributed by atoms with van der Waals surface area (Å²) in [4.78, 5) is 20.9. The number of halogens is 1. The first-order valence-corrected chi connectivity index (χ1v) is 8.59. The third-order valence-corrected chi connectivity index (χ3v) is 4.13. The van der Waals surface area contributed by atoms with Crippen molar-refractivity contribution in [1.82, 2.24) is 15.3 Å². The summed E-state index contributed by atoms with van der Waals surface area (Å²) in [7, 11) is 0. The van der Waals surface area contributed by atoms with Gasteiger partial charge in [0.05, 0.1) is 0 Å². The molecule has 0 aliphatic rings. The lowest BCUT2D eigenvalue weighted by molar-refractivity contribution is 0.0946. The average molecular weight is 367 g/mol. The normalized spacial score (nSPS) is 10.4. The Kier molecular flexibility index (Phi) is 5.49. The smallest absolute Gasteiger partial charge is 0.270 e. The molecule has 132 valence electrons. The van der Waals surface area contributed by atoms with Gasteiger partial charge in [-0.2, -0.15) is 0 Å². The van der Waals surface area contributed by atoms with E-state index in [1.807, 2.05) is 44.2 Å². The highest BCUT2D eigenvalue weighted by Crippen LogP contribution is 2.17. The van der Waals surface area contributed by atoms with Crippen LogP contribution in [0.25, 0.3) is 0 Å². The van der Waals surface area contributed by atoms with Gasteiger partial charge in [-0.15, -0.1) is 0 Å². The second kappa shape index (κ2) is 7.97. The van der Waals surface area contributed by atoms with Crippen molar-refractivity contribution in [3.63, 3.8) is 0 Å². The van der Waals surface area contributed by atoms with Crippen molar-refractivity contribution >= 4 is 29.1 Å². The van der Waals surface area contributed by atoms with Crippen LogP contribution < -0.4 is 10.6 Å². The van der Waals surface area contributed by atoms with E-state index in [0.717, 1.165) is 22.4 Å². The lowest BCUT2D eigenvalue weighted by Crippen LogP contribution is -2.24. The molecule has 1 amide bonds. The first-order valence-electron chi connectivity index (χ1n) is 8.21. The van der Waals surface area contributed by atoms with Gasteiger partial charge < -0.3 is 10.6 Å². The molecule has 1 heterocycles. The van der Waals surface area contributed by atoms with Gasteiger partial charge in [0.1, 0.15) is 5.69 Å². The number of benzene rings is 2. The summed E-state index contributed by atoms with van der Waals surface area (Å²) in [5, 5.41) is 6.58. The summed E-state index contributed by atoms with van der Waals surface area (Å²) < 4.78 is 0. The first-order chi connectivity index (χ1) is 12.5. The van der Waals surface area contributed by atoms with E-state index < -0.39 is 0 Å². The van der Waals surface area contributed by atoms with Crippen LogP contribution in [0, 0.1) is 13.8 Å². The predicted molar refractivity (Wildman–Crippen MR) is 104 cm³/mol. The minimum atomic E-state index is -0.282. The Morgan fingerprint density at radius 3 is 2.54 bits per heavy atom. The van der Waals surface area contributed by atoms with Crippen molar-refractivity contribution in [2.45, 2.75) is 20.4 Å². The first kappa shape index (κ1) is 17.9. The van der Waals surface area contributed by atoms with E-state index >= 15 is 0 Å². The molecular formula is C20H19ClN4O. The number of amides is 1. The van der Waals surface area contributed by atoms with Crippen molar-refractivity contribution in [3.8, 4) is 0 Å². The molecule has 5 nitrogen and oxygen atoms in total. The topological polar surface area (TPSA) is 66.9 Å². The molecule has 0 spiro atoms. The maximum Gasteiger partial charge on any atom is 0.270 e. The van der Waals surface area contributed by atoms with Crippen LogP contribution >= 0.6 is 11.6 Å². The number of carbonyl (C=O) groups is 1. The highest BCUT2D eigenvalue weighted by Gasteiger charge is 2.10. The standard InChI is InChI=1S/C20H19ClN4O/c1-13-9-14(2)11-16(10-13)24-20-22-8-7-18(25-20)19(26)23-12-15-5-3-4-6-17(15)21/h3-11H,12H2,1-2H3,(H,23,26)(H,22,24,25). The number of aryl methyl sites for hydroxylation is 2. The zero-order chi connectivity index (χ0) is 18.5. The van der Waals surface area contributed by atoms with E-state index in [1.165, 1.54) is 0 Å². The quantitative estimate of drug-likeness (QED) is 0.701. The molecule has 0 bridgehead atoms. The van der Waals surface area contributed by atoms with Crippen LogP contribution in [0.15, 0.2) is 54.7 Å². The molecule has 26 heavy (non-hydrogen) atoms. The van der Waals surface area contributed by atoms with Gasteiger partial charge in [-0.3, -0.25) is 4.79 Å². The highest BCUT2D eigenvalue weighted by atomic mass is 35.5. The van der Waals surface area contributed by atoms with Crippen molar-refractivity contribution in [2.24, 2.45) is 0 Å². The number of anilines is 2. The average Bonchev–Trinajstić information content (AvgIpc) is 2.60. The lowest BCUT2D eigenvalue weighted by Gasteiger charge is -2.09. The molecule has 6 heteroatoms. The fraction of sp³-hybridized carbons (Fsp3) is 0.150. The molecule has 0 saturated heterocycles. The molecule has 2 aromatic carbocycles. The highest BCUT2D eigenvalue weighted by molar-refractivity contribution is 6.31. The van der Waals surface area contributed by atoms with Crippen molar-refractivity contribution < 1.29 is 4.79 Å². The van der Waals surface area contributed by atoms with Gasteiger partial charge in [-0.25, -0.2) is 9.97 Å². The van der Waals surface area contributed by atoms with E-state index in [9.17, 15) is 4.79 Å². The van der Waals surface area contributed by atoms with Crippen LogP contribution in [0.5, 0.6) is 0 Å². The van der Waals surface area contributed by atoms with Crippen LogP contribution in [-0.4, -0.2) is 15.9 Å². The number of rotatable bonds is 5. The third-order valence-electron chi connectivity index (χ3n) is 3.76.